The number of carbonyl (C=O) groups excluding carboxylic acids is 1. The Labute approximate surface area is 123 Å². The van der Waals surface area contributed by atoms with E-state index in [2.05, 4.69) is 4.98 Å². The van der Waals surface area contributed by atoms with E-state index in [1.807, 2.05) is 27.7 Å². The summed E-state index contributed by atoms with van der Waals surface area (Å²) in [5.74, 6) is 0.156. The van der Waals surface area contributed by atoms with Gasteiger partial charge >= 0.3 is 5.97 Å². The van der Waals surface area contributed by atoms with Crippen LogP contribution in [0.3, 0.4) is 0 Å². The lowest BCUT2D eigenvalue weighted by molar-refractivity contribution is -0.161. The van der Waals surface area contributed by atoms with Crippen LogP contribution in [-0.4, -0.2) is 16.6 Å². The maximum Gasteiger partial charge on any atom is 0.309 e. The molecule has 0 saturated heterocycles. The zero-order valence-corrected chi connectivity index (χ0v) is 13.4. The van der Waals surface area contributed by atoms with E-state index in [0.717, 1.165) is 25.0 Å². The van der Waals surface area contributed by atoms with Crippen LogP contribution in [0.15, 0.2) is 0 Å². The molecular formula is C14H20ClNO2S. The summed E-state index contributed by atoms with van der Waals surface area (Å²) in [5.41, 5.74) is 0.696. The molecule has 0 aromatic carbocycles. The predicted molar refractivity (Wildman–Crippen MR) is 77.6 cm³/mol. The number of esters is 1. The molecule has 2 atom stereocenters. The lowest BCUT2D eigenvalue weighted by atomic mass is 9.82. The maximum absolute atomic E-state index is 12.1. The normalized spacial score (nSPS) is 20.8. The van der Waals surface area contributed by atoms with Crippen molar-refractivity contribution in [2.24, 2.45) is 11.8 Å². The zero-order valence-electron chi connectivity index (χ0n) is 11.8. The molecular weight excluding hydrogens is 282 g/mol. The predicted octanol–water partition coefficient (Wildman–Crippen LogP) is 3.88. The molecule has 106 valence electrons. The fourth-order valence-electron chi connectivity index (χ4n) is 2.38. The van der Waals surface area contributed by atoms with E-state index in [1.165, 1.54) is 16.2 Å². The quantitative estimate of drug-likeness (QED) is 0.778. The van der Waals surface area contributed by atoms with Crippen LogP contribution < -0.4 is 0 Å². The second-order valence-corrected chi connectivity index (χ2v) is 7.83. The molecule has 2 unspecified atom stereocenters. The van der Waals surface area contributed by atoms with Gasteiger partial charge in [0.2, 0.25) is 0 Å². The molecule has 0 aliphatic heterocycles. The number of halogens is 1. The first-order valence-electron chi connectivity index (χ1n) is 6.63. The Morgan fingerprint density at radius 3 is 2.84 bits per heavy atom. The van der Waals surface area contributed by atoms with Crippen LogP contribution in [0.25, 0.3) is 0 Å². The molecule has 0 amide bonds. The fraction of sp³-hybridized carbons (Fsp3) is 0.714. The van der Waals surface area contributed by atoms with E-state index < -0.39 is 5.60 Å². The molecule has 1 aliphatic rings. The maximum atomic E-state index is 12.1. The van der Waals surface area contributed by atoms with E-state index in [1.54, 1.807) is 0 Å². The Balaban J connectivity index is 2.02. The number of rotatable bonds is 2. The monoisotopic (exact) mass is 301 g/mol. The number of hydrogen-bond acceptors (Lipinski definition) is 4. The third-order valence-electron chi connectivity index (χ3n) is 3.44. The third kappa shape index (κ3) is 3.69. The summed E-state index contributed by atoms with van der Waals surface area (Å²) < 4.78 is 6.08. The van der Waals surface area contributed by atoms with Crippen molar-refractivity contribution < 1.29 is 9.53 Å². The fourth-order valence-corrected chi connectivity index (χ4v) is 3.69. The van der Waals surface area contributed by atoms with E-state index in [4.69, 9.17) is 16.3 Å². The minimum absolute atomic E-state index is 0.0757. The van der Waals surface area contributed by atoms with Gasteiger partial charge in [-0.05, 0) is 46.0 Å². The molecule has 3 nitrogen and oxygen atoms in total. The Bertz CT molecular complexity index is 478. The lowest BCUT2D eigenvalue weighted by Gasteiger charge is -2.28. The van der Waals surface area contributed by atoms with Gasteiger partial charge < -0.3 is 4.74 Å². The summed E-state index contributed by atoms with van der Waals surface area (Å²) in [4.78, 5) is 17.7. The van der Waals surface area contributed by atoms with Crippen LogP contribution in [-0.2, 0) is 22.4 Å². The van der Waals surface area contributed by atoms with Crippen LogP contribution >= 0.6 is 22.9 Å². The van der Waals surface area contributed by atoms with Crippen LogP contribution in [0.2, 0.25) is 4.47 Å². The van der Waals surface area contributed by atoms with Crippen molar-refractivity contribution in [3.05, 3.63) is 15.0 Å². The summed E-state index contributed by atoms with van der Waals surface area (Å²) >= 11 is 7.48. The van der Waals surface area contributed by atoms with Gasteiger partial charge in [-0.25, -0.2) is 4.98 Å². The van der Waals surface area contributed by atoms with Gasteiger partial charge in [0, 0.05) is 4.88 Å². The van der Waals surface area contributed by atoms with Crippen molar-refractivity contribution in [2.45, 2.75) is 52.6 Å². The molecule has 0 saturated carbocycles. The molecule has 0 N–H and O–H groups in total. The highest BCUT2D eigenvalue weighted by atomic mass is 35.5. The summed E-state index contributed by atoms with van der Waals surface area (Å²) in [6.07, 6.45) is 2.78. The van der Waals surface area contributed by atoms with Gasteiger partial charge in [0.15, 0.2) is 4.47 Å². The number of fused-ring (bicyclic) bond motifs is 1. The van der Waals surface area contributed by atoms with Crippen molar-refractivity contribution in [2.75, 3.05) is 0 Å². The Kier molecular flexibility index (Phi) is 4.21. The molecule has 1 heterocycles. The third-order valence-corrected chi connectivity index (χ3v) is 4.66. The smallest absolute Gasteiger partial charge is 0.309 e. The zero-order chi connectivity index (χ0) is 14.2. The standard InChI is InChI=1S/C14H20ClNO2S/c1-8(12(17)18-14(2,3)4)9-5-6-10-11(7-9)19-13(15)16-10/h8-9H,5-7H2,1-4H3. The first-order chi connectivity index (χ1) is 8.76. The number of aryl methyl sites for hydroxylation is 1. The molecule has 2 rings (SSSR count). The second kappa shape index (κ2) is 5.41. The molecule has 0 fully saturated rings. The van der Waals surface area contributed by atoms with Gasteiger partial charge in [0.25, 0.3) is 0 Å². The lowest BCUT2D eigenvalue weighted by Crippen LogP contribution is -2.33. The van der Waals surface area contributed by atoms with E-state index >= 15 is 0 Å². The van der Waals surface area contributed by atoms with E-state index in [-0.39, 0.29) is 11.9 Å². The molecule has 0 spiro atoms. The van der Waals surface area contributed by atoms with Crippen molar-refractivity contribution in [3.8, 4) is 0 Å². The van der Waals surface area contributed by atoms with Crippen LogP contribution in [0.4, 0.5) is 0 Å². The largest absolute Gasteiger partial charge is 0.460 e. The van der Waals surface area contributed by atoms with Gasteiger partial charge in [0.05, 0.1) is 11.6 Å². The Hall–Kier alpha value is -0.610. The topological polar surface area (TPSA) is 39.2 Å². The molecule has 1 aromatic heterocycles. The van der Waals surface area contributed by atoms with Gasteiger partial charge in [-0.1, -0.05) is 18.5 Å². The number of nitrogens with zero attached hydrogens (tertiary/aromatic N) is 1. The van der Waals surface area contributed by atoms with Crippen molar-refractivity contribution >= 4 is 28.9 Å². The van der Waals surface area contributed by atoms with E-state index in [9.17, 15) is 4.79 Å². The van der Waals surface area contributed by atoms with Gasteiger partial charge in [0.1, 0.15) is 5.60 Å². The van der Waals surface area contributed by atoms with Crippen LogP contribution in [0.5, 0.6) is 0 Å². The number of thiazole rings is 1. The minimum atomic E-state index is -0.418. The van der Waals surface area contributed by atoms with Gasteiger partial charge in [-0.15, -0.1) is 11.3 Å². The molecule has 0 bridgehead atoms. The van der Waals surface area contributed by atoms with E-state index in [0.29, 0.717) is 10.4 Å². The minimum Gasteiger partial charge on any atom is -0.460 e. The number of hydrogen-bond donors (Lipinski definition) is 0. The Morgan fingerprint density at radius 2 is 2.21 bits per heavy atom. The molecule has 0 radical (unpaired) electrons. The number of carbonyl (C=O) groups is 1. The molecule has 1 aliphatic carbocycles. The summed E-state index contributed by atoms with van der Waals surface area (Å²) in [6.45, 7) is 7.67. The highest BCUT2D eigenvalue weighted by molar-refractivity contribution is 7.15. The number of aromatic nitrogens is 1. The molecule has 19 heavy (non-hydrogen) atoms. The average molecular weight is 302 g/mol. The average Bonchev–Trinajstić information content (AvgIpc) is 2.64. The van der Waals surface area contributed by atoms with Crippen LogP contribution in [0, 0.1) is 11.8 Å². The molecule has 5 heteroatoms. The summed E-state index contributed by atoms with van der Waals surface area (Å²) in [7, 11) is 0. The highest BCUT2D eigenvalue weighted by Crippen LogP contribution is 2.35. The SMILES string of the molecule is CC(C(=O)OC(C)(C)C)C1CCc2nc(Cl)sc2C1. The van der Waals surface area contributed by atoms with Crippen LogP contribution in [0.1, 0.15) is 44.7 Å². The highest BCUT2D eigenvalue weighted by Gasteiger charge is 2.32. The first-order valence-corrected chi connectivity index (χ1v) is 7.82. The summed E-state index contributed by atoms with van der Waals surface area (Å²) in [6, 6.07) is 0. The van der Waals surface area contributed by atoms with Gasteiger partial charge in [-0.2, -0.15) is 0 Å². The first kappa shape index (κ1) is 14.8. The second-order valence-electron chi connectivity index (χ2n) is 6.16. The number of ether oxygens (including phenoxy) is 1. The van der Waals surface area contributed by atoms with Crippen molar-refractivity contribution in [1.29, 1.82) is 0 Å². The van der Waals surface area contributed by atoms with Crippen molar-refractivity contribution in [1.82, 2.24) is 4.98 Å². The van der Waals surface area contributed by atoms with Gasteiger partial charge in [-0.3, -0.25) is 4.79 Å². The van der Waals surface area contributed by atoms with Crippen molar-refractivity contribution in [3.63, 3.8) is 0 Å². The Morgan fingerprint density at radius 1 is 1.53 bits per heavy atom. The summed E-state index contributed by atoms with van der Waals surface area (Å²) in [5, 5.41) is 0. The molecule has 1 aromatic rings.